The molecule has 1 saturated heterocycles. The number of ether oxygens (including phenoxy) is 2. The number of rotatable bonds is 6. The van der Waals surface area contributed by atoms with Crippen LogP contribution in [0.5, 0.6) is 5.88 Å². The Morgan fingerprint density at radius 3 is 2.52 bits per heavy atom. The summed E-state index contributed by atoms with van der Waals surface area (Å²) in [7, 11) is 0. The zero-order valence-corrected chi connectivity index (χ0v) is 18.9. The molecule has 33 heavy (non-hydrogen) atoms. The number of hydrogen-bond donors (Lipinski definition) is 2. The minimum atomic E-state index is -4.68. The van der Waals surface area contributed by atoms with Crippen LogP contribution in [0.2, 0.25) is 0 Å². The molecule has 2 aromatic heterocycles. The van der Waals surface area contributed by atoms with Gasteiger partial charge in [-0.15, -0.1) is 5.10 Å². The molecule has 180 valence electrons. The van der Waals surface area contributed by atoms with Crippen LogP contribution in [0.15, 0.2) is 18.2 Å². The van der Waals surface area contributed by atoms with Crippen molar-refractivity contribution >= 4 is 17.5 Å². The van der Waals surface area contributed by atoms with Gasteiger partial charge in [0.1, 0.15) is 0 Å². The molecule has 2 aromatic rings. The molecule has 0 unspecified atom stereocenters. The molecule has 2 amide bonds. The van der Waals surface area contributed by atoms with E-state index < -0.39 is 17.9 Å². The van der Waals surface area contributed by atoms with Gasteiger partial charge in [0, 0.05) is 24.8 Å². The number of halogens is 3. The number of amides is 2. The summed E-state index contributed by atoms with van der Waals surface area (Å²) in [4.78, 5) is 17.8. The molecular formula is C21H27F3N6O3. The highest BCUT2D eigenvalue weighted by Gasteiger charge is 2.33. The number of carbonyl (C=O) groups excluding carboxylic acids is 1. The summed E-state index contributed by atoms with van der Waals surface area (Å²) in [5.41, 5.74) is 0.161. The van der Waals surface area contributed by atoms with Crippen molar-refractivity contribution < 1.29 is 27.4 Å². The van der Waals surface area contributed by atoms with Crippen molar-refractivity contribution in [2.24, 2.45) is 0 Å². The maximum absolute atomic E-state index is 13.1. The second kappa shape index (κ2) is 10.2. The van der Waals surface area contributed by atoms with E-state index in [-0.39, 0.29) is 36.9 Å². The monoisotopic (exact) mass is 468 g/mol. The van der Waals surface area contributed by atoms with Crippen LogP contribution in [0.3, 0.4) is 0 Å². The smallest absolute Gasteiger partial charge is 0.433 e. The van der Waals surface area contributed by atoms with Crippen LogP contribution in [-0.4, -0.2) is 53.1 Å². The number of hydrogen-bond acceptors (Lipinski definition) is 7. The molecule has 0 radical (unpaired) electrons. The lowest BCUT2D eigenvalue weighted by molar-refractivity contribution is -0.141. The average molecular weight is 468 g/mol. The third kappa shape index (κ3) is 6.67. The zero-order chi connectivity index (χ0) is 24.2. The first kappa shape index (κ1) is 24.5. The van der Waals surface area contributed by atoms with Gasteiger partial charge in [-0.1, -0.05) is 0 Å². The predicted octanol–water partition coefficient (Wildman–Crippen LogP) is 3.53. The summed E-state index contributed by atoms with van der Waals surface area (Å²) >= 11 is 0. The molecule has 2 atom stereocenters. The molecule has 12 heteroatoms. The number of aryl methyl sites for hydroxylation is 1. The standard InChI is InChI=1S/C21H27F3N6O3/c1-5-32-18-8-15(7-17(27-18)21(22,23)24)26-20(31)25-9-16-6-12(2)19(29-28-16)30-10-13(3)33-14(4)11-30/h6-8,13-14H,5,9-11H2,1-4H3,(H2,25,26,27,31)/t13-,14-/m0/s1. The van der Waals surface area contributed by atoms with Gasteiger partial charge >= 0.3 is 12.2 Å². The summed E-state index contributed by atoms with van der Waals surface area (Å²) in [6.07, 6.45) is -4.52. The number of aromatic nitrogens is 3. The Bertz CT molecular complexity index is 978. The average Bonchev–Trinajstić information content (AvgIpc) is 2.71. The number of carbonyl (C=O) groups is 1. The molecule has 0 aromatic carbocycles. The van der Waals surface area contributed by atoms with Gasteiger partial charge in [-0.25, -0.2) is 9.78 Å². The largest absolute Gasteiger partial charge is 0.478 e. The van der Waals surface area contributed by atoms with E-state index in [1.165, 1.54) is 6.07 Å². The Kier molecular flexibility index (Phi) is 7.57. The summed E-state index contributed by atoms with van der Waals surface area (Å²) in [6.45, 7) is 9.12. The van der Waals surface area contributed by atoms with Gasteiger partial charge in [0.15, 0.2) is 11.5 Å². The third-order valence-corrected chi connectivity index (χ3v) is 4.80. The van der Waals surface area contributed by atoms with E-state index in [4.69, 9.17) is 9.47 Å². The fourth-order valence-corrected chi connectivity index (χ4v) is 3.57. The lowest BCUT2D eigenvalue weighted by Crippen LogP contribution is -2.46. The van der Waals surface area contributed by atoms with E-state index in [2.05, 4.69) is 30.7 Å². The van der Waals surface area contributed by atoms with Crippen molar-refractivity contribution in [3.63, 3.8) is 0 Å². The first-order valence-corrected chi connectivity index (χ1v) is 10.6. The molecule has 1 fully saturated rings. The van der Waals surface area contributed by atoms with Crippen molar-refractivity contribution in [1.82, 2.24) is 20.5 Å². The number of nitrogens with one attached hydrogen (secondary N) is 2. The molecule has 9 nitrogen and oxygen atoms in total. The van der Waals surface area contributed by atoms with Crippen molar-refractivity contribution in [2.75, 3.05) is 29.9 Å². The van der Waals surface area contributed by atoms with Crippen LogP contribution in [-0.2, 0) is 17.5 Å². The van der Waals surface area contributed by atoms with Gasteiger partial charge in [0.2, 0.25) is 5.88 Å². The van der Waals surface area contributed by atoms with Gasteiger partial charge in [0.05, 0.1) is 31.1 Å². The molecule has 1 aliphatic rings. The van der Waals surface area contributed by atoms with E-state index in [1.54, 1.807) is 6.92 Å². The van der Waals surface area contributed by atoms with Crippen LogP contribution < -0.4 is 20.3 Å². The maximum atomic E-state index is 13.1. The van der Waals surface area contributed by atoms with Crippen molar-refractivity contribution in [3.05, 3.63) is 35.2 Å². The molecule has 3 heterocycles. The summed E-state index contributed by atoms with van der Waals surface area (Å²) < 4.78 is 50.0. The van der Waals surface area contributed by atoms with Crippen LogP contribution in [0.1, 0.15) is 37.7 Å². The fourth-order valence-electron chi connectivity index (χ4n) is 3.57. The Balaban J connectivity index is 1.63. The number of nitrogens with zero attached hydrogens (tertiary/aromatic N) is 4. The van der Waals surface area contributed by atoms with Crippen molar-refractivity contribution in [3.8, 4) is 5.88 Å². The predicted molar refractivity (Wildman–Crippen MR) is 115 cm³/mol. The van der Waals surface area contributed by atoms with Gasteiger partial charge in [0.25, 0.3) is 0 Å². The van der Waals surface area contributed by atoms with Gasteiger partial charge < -0.3 is 25.0 Å². The minimum Gasteiger partial charge on any atom is -0.478 e. The van der Waals surface area contributed by atoms with Crippen molar-refractivity contribution in [2.45, 2.75) is 52.6 Å². The van der Waals surface area contributed by atoms with Crippen LogP contribution in [0.25, 0.3) is 0 Å². The number of anilines is 2. The summed E-state index contributed by atoms with van der Waals surface area (Å²) in [5.74, 6) is 0.525. The normalized spacial score (nSPS) is 18.7. The Hall–Kier alpha value is -3.15. The highest BCUT2D eigenvalue weighted by Crippen LogP contribution is 2.31. The quantitative estimate of drug-likeness (QED) is 0.669. The molecular weight excluding hydrogens is 441 g/mol. The highest BCUT2D eigenvalue weighted by molar-refractivity contribution is 5.89. The van der Waals surface area contributed by atoms with Gasteiger partial charge in [-0.2, -0.15) is 18.3 Å². The number of urea groups is 1. The lowest BCUT2D eigenvalue weighted by atomic mass is 10.2. The van der Waals surface area contributed by atoms with Gasteiger partial charge in [-0.3, -0.25) is 0 Å². The Labute approximate surface area is 189 Å². The minimum absolute atomic E-state index is 0.0470. The highest BCUT2D eigenvalue weighted by atomic mass is 19.4. The lowest BCUT2D eigenvalue weighted by Gasteiger charge is -2.36. The third-order valence-electron chi connectivity index (χ3n) is 4.80. The molecule has 2 N–H and O–H groups in total. The van der Waals surface area contributed by atoms with E-state index >= 15 is 0 Å². The van der Waals surface area contributed by atoms with Crippen LogP contribution >= 0.6 is 0 Å². The molecule has 1 aliphatic heterocycles. The number of morpholine rings is 1. The first-order valence-electron chi connectivity index (χ1n) is 10.6. The van der Waals surface area contributed by atoms with Crippen LogP contribution in [0, 0.1) is 6.92 Å². The molecule has 0 saturated carbocycles. The van der Waals surface area contributed by atoms with Crippen LogP contribution in [0.4, 0.5) is 29.5 Å². The van der Waals surface area contributed by atoms with E-state index in [0.29, 0.717) is 18.8 Å². The van der Waals surface area contributed by atoms with E-state index in [0.717, 1.165) is 17.4 Å². The Morgan fingerprint density at radius 1 is 1.21 bits per heavy atom. The fraction of sp³-hybridized carbons (Fsp3) is 0.524. The van der Waals surface area contributed by atoms with Gasteiger partial charge in [-0.05, 0) is 45.4 Å². The second-order valence-corrected chi connectivity index (χ2v) is 7.82. The van der Waals surface area contributed by atoms with E-state index in [1.807, 2.05) is 26.8 Å². The van der Waals surface area contributed by atoms with Crippen molar-refractivity contribution in [1.29, 1.82) is 0 Å². The molecule has 0 spiro atoms. The zero-order valence-electron chi connectivity index (χ0n) is 18.9. The topological polar surface area (TPSA) is 102 Å². The number of alkyl halides is 3. The summed E-state index contributed by atoms with van der Waals surface area (Å²) in [6, 6.07) is 3.08. The second-order valence-electron chi connectivity index (χ2n) is 7.82. The number of pyridine rings is 1. The molecule has 3 rings (SSSR count). The Morgan fingerprint density at radius 2 is 1.91 bits per heavy atom. The maximum Gasteiger partial charge on any atom is 0.433 e. The summed E-state index contributed by atoms with van der Waals surface area (Å²) in [5, 5.41) is 13.4. The molecule has 0 aliphatic carbocycles. The molecule has 0 bridgehead atoms. The first-order chi connectivity index (χ1) is 15.5. The van der Waals surface area contributed by atoms with E-state index in [9.17, 15) is 18.0 Å². The SMILES string of the molecule is CCOc1cc(NC(=O)NCc2cc(C)c(N3C[C@H](C)O[C@@H](C)C3)nn2)cc(C(F)(F)F)n1.